The van der Waals surface area contributed by atoms with Crippen LogP contribution in [0.15, 0.2) is 40.0 Å². The first-order valence-electron chi connectivity index (χ1n) is 9.04. The summed E-state index contributed by atoms with van der Waals surface area (Å²) in [6.07, 6.45) is 1.42. The Labute approximate surface area is 175 Å². The van der Waals surface area contributed by atoms with Gasteiger partial charge in [-0.25, -0.2) is 4.79 Å². The van der Waals surface area contributed by atoms with Crippen molar-refractivity contribution in [3.63, 3.8) is 0 Å². The lowest BCUT2D eigenvalue weighted by atomic mass is 10.0. The number of nitrogens with zero attached hydrogens (tertiary/aromatic N) is 2. The van der Waals surface area contributed by atoms with Crippen LogP contribution in [0.25, 0.3) is 0 Å². The van der Waals surface area contributed by atoms with E-state index in [1.807, 2.05) is 44.2 Å². The number of carbonyl (C=O) groups is 3. The predicted octanol–water partition coefficient (Wildman–Crippen LogP) is 2.92. The number of carbonyl (C=O) groups excluding carboxylic acids is 3. The number of rotatable bonds is 10. The largest absolute Gasteiger partial charge is 0.445 e. The van der Waals surface area contributed by atoms with Gasteiger partial charge in [-0.15, -0.1) is 10.2 Å². The molecule has 0 unspecified atom stereocenters. The number of hydrogen-bond donors (Lipinski definition) is 2. The Morgan fingerprint density at radius 1 is 1.21 bits per heavy atom. The molecule has 9 nitrogen and oxygen atoms in total. The van der Waals surface area contributed by atoms with Gasteiger partial charge in [-0.3, -0.25) is 9.59 Å². The second-order valence-electron chi connectivity index (χ2n) is 6.61. The highest BCUT2D eigenvalue weighted by atomic mass is 32.2. The van der Waals surface area contributed by atoms with Crippen LogP contribution in [0, 0.1) is 5.92 Å². The molecule has 0 saturated carbocycles. The standard InChI is InChI=1S/C19H24N4O5S.2H2/c1-12(2)9-14(21-18(26)27-11-13-7-5-4-6-8-13)16(25)20-10-15(24)17-22-23-19(28-17)29-3;;/h4-8,12,14H,9-11H2,1-3H3,(H,20,25)(H,21,26);2*1H/t14-;;/m0../s1. The van der Waals surface area contributed by atoms with Gasteiger partial charge in [0.15, 0.2) is 0 Å². The van der Waals surface area contributed by atoms with Gasteiger partial charge in [-0.2, -0.15) is 0 Å². The fourth-order valence-electron chi connectivity index (χ4n) is 2.38. The maximum atomic E-state index is 12.5. The van der Waals surface area contributed by atoms with Crippen molar-refractivity contribution in [1.29, 1.82) is 0 Å². The maximum absolute atomic E-state index is 12.5. The summed E-state index contributed by atoms with van der Waals surface area (Å²) in [5.74, 6) is -1.05. The van der Waals surface area contributed by atoms with Crippen LogP contribution in [0.1, 0.15) is 39.4 Å². The summed E-state index contributed by atoms with van der Waals surface area (Å²) in [7, 11) is 0. The molecular formula is C19H28N4O5S. The zero-order valence-corrected chi connectivity index (χ0v) is 17.3. The van der Waals surface area contributed by atoms with E-state index in [-0.39, 0.29) is 33.0 Å². The summed E-state index contributed by atoms with van der Waals surface area (Å²) in [5.41, 5.74) is 0.835. The first-order chi connectivity index (χ1) is 13.9. The van der Waals surface area contributed by atoms with E-state index < -0.39 is 23.8 Å². The summed E-state index contributed by atoms with van der Waals surface area (Å²) >= 11 is 1.21. The summed E-state index contributed by atoms with van der Waals surface area (Å²) < 4.78 is 10.3. The number of benzene rings is 1. The number of amides is 2. The molecule has 29 heavy (non-hydrogen) atoms. The number of ketones is 1. The van der Waals surface area contributed by atoms with Crippen LogP contribution in [0.4, 0.5) is 4.79 Å². The quantitative estimate of drug-likeness (QED) is 0.441. The lowest BCUT2D eigenvalue weighted by Gasteiger charge is -2.19. The van der Waals surface area contributed by atoms with Crippen molar-refractivity contribution < 1.29 is 26.4 Å². The van der Waals surface area contributed by atoms with Crippen molar-refractivity contribution in [3.05, 3.63) is 41.8 Å². The van der Waals surface area contributed by atoms with E-state index in [9.17, 15) is 14.4 Å². The molecule has 0 saturated heterocycles. The number of alkyl carbamates (subject to hydrolysis) is 1. The monoisotopic (exact) mass is 424 g/mol. The maximum Gasteiger partial charge on any atom is 0.408 e. The van der Waals surface area contributed by atoms with Gasteiger partial charge in [0.25, 0.3) is 11.1 Å². The van der Waals surface area contributed by atoms with Gasteiger partial charge < -0.3 is 19.8 Å². The van der Waals surface area contributed by atoms with Crippen LogP contribution in [-0.2, 0) is 16.1 Å². The van der Waals surface area contributed by atoms with Gasteiger partial charge in [0, 0.05) is 2.85 Å². The molecule has 2 rings (SSSR count). The number of nitrogens with one attached hydrogen (secondary N) is 2. The molecule has 2 amide bonds. The van der Waals surface area contributed by atoms with Crippen LogP contribution in [0.3, 0.4) is 0 Å². The summed E-state index contributed by atoms with van der Waals surface area (Å²) in [4.78, 5) is 36.6. The summed E-state index contributed by atoms with van der Waals surface area (Å²) in [6, 6.07) is 8.37. The molecule has 0 aliphatic carbocycles. The van der Waals surface area contributed by atoms with Crippen molar-refractivity contribution in [2.75, 3.05) is 12.8 Å². The van der Waals surface area contributed by atoms with Crippen molar-refractivity contribution in [2.24, 2.45) is 5.92 Å². The molecule has 0 spiro atoms. The minimum atomic E-state index is -0.837. The average Bonchev–Trinajstić information content (AvgIpc) is 3.19. The third-order valence-corrected chi connectivity index (χ3v) is 4.29. The molecule has 0 radical (unpaired) electrons. The van der Waals surface area contributed by atoms with Crippen molar-refractivity contribution in [3.8, 4) is 0 Å². The molecule has 0 bridgehead atoms. The minimum Gasteiger partial charge on any atom is -0.445 e. The van der Waals surface area contributed by atoms with E-state index >= 15 is 0 Å². The summed E-state index contributed by atoms with van der Waals surface area (Å²) in [6.45, 7) is 3.62. The first kappa shape index (κ1) is 22.4. The van der Waals surface area contributed by atoms with Gasteiger partial charge in [0.2, 0.25) is 11.7 Å². The van der Waals surface area contributed by atoms with E-state index in [1.165, 1.54) is 11.8 Å². The van der Waals surface area contributed by atoms with E-state index in [4.69, 9.17) is 9.15 Å². The molecule has 1 heterocycles. The lowest BCUT2D eigenvalue weighted by molar-refractivity contribution is -0.123. The molecule has 0 aliphatic rings. The zero-order valence-electron chi connectivity index (χ0n) is 16.5. The van der Waals surface area contributed by atoms with Crippen LogP contribution in [-0.4, -0.2) is 46.8 Å². The third-order valence-electron chi connectivity index (χ3n) is 3.77. The highest BCUT2D eigenvalue weighted by Gasteiger charge is 2.24. The second-order valence-corrected chi connectivity index (χ2v) is 7.36. The topological polar surface area (TPSA) is 123 Å². The highest BCUT2D eigenvalue weighted by Crippen LogP contribution is 2.12. The van der Waals surface area contributed by atoms with Gasteiger partial charge >= 0.3 is 6.09 Å². The van der Waals surface area contributed by atoms with Crippen molar-refractivity contribution in [2.45, 2.75) is 38.1 Å². The second kappa shape index (κ2) is 11.2. The van der Waals surface area contributed by atoms with E-state index in [0.717, 1.165) is 5.56 Å². The molecule has 1 atom stereocenters. The zero-order chi connectivity index (χ0) is 21.2. The van der Waals surface area contributed by atoms with Crippen LogP contribution in [0.5, 0.6) is 0 Å². The number of Topliss-reactive ketones (excluding diaryl/α,β-unsaturated/α-hetero) is 1. The highest BCUT2D eigenvalue weighted by molar-refractivity contribution is 7.98. The normalized spacial score (nSPS) is 11.7. The fourth-order valence-corrected chi connectivity index (χ4v) is 2.67. The molecule has 0 fully saturated rings. The first-order valence-corrected chi connectivity index (χ1v) is 10.3. The molecule has 1 aromatic heterocycles. The van der Waals surface area contributed by atoms with Crippen molar-refractivity contribution in [1.82, 2.24) is 20.8 Å². The Bertz CT molecular complexity index is 836. The van der Waals surface area contributed by atoms with Gasteiger partial charge in [-0.05, 0) is 24.2 Å². The fraction of sp³-hybridized carbons (Fsp3) is 0.421. The summed E-state index contributed by atoms with van der Waals surface area (Å²) in [5, 5.41) is 12.6. The number of hydrogen-bond acceptors (Lipinski definition) is 8. The number of ether oxygens (including phenoxy) is 1. The SMILES string of the molecule is CSc1nnc(C(=O)CNC(=O)[C@H](CC(C)C)NC(=O)OCc2ccccc2)o1.[HH].[HH]. The van der Waals surface area contributed by atoms with Crippen LogP contribution >= 0.6 is 11.8 Å². The number of thioether (sulfide) groups is 1. The molecular weight excluding hydrogens is 396 g/mol. The molecule has 160 valence electrons. The van der Waals surface area contributed by atoms with Crippen LogP contribution < -0.4 is 10.6 Å². The molecule has 10 heteroatoms. The molecule has 2 aromatic rings. The third kappa shape index (κ3) is 7.57. The Hall–Kier alpha value is -2.88. The number of aromatic nitrogens is 2. The Balaban J connectivity index is 0.00000450. The Morgan fingerprint density at radius 2 is 1.93 bits per heavy atom. The minimum absolute atomic E-state index is 0. The Morgan fingerprint density at radius 3 is 2.55 bits per heavy atom. The van der Waals surface area contributed by atoms with Crippen molar-refractivity contribution >= 4 is 29.5 Å². The van der Waals surface area contributed by atoms with Gasteiger partial charge in [0.05, 0.1) is 6.54 Å². The molecule has 0 aliphatic heterocycles. The lowest BCUT2D eigenvalue weighted by Crippen LogP contribution is -2.48. The predicted molar refractivity (Wildman–Crippen MR) is 111 cm³/mol. The molecule has 1 aromatic carbocycles. The van der Waals surface area contributed by atoms with E-state index in [1.54, 1.807) is 6.26 Å². The van der Waals surface area contributed by atoms with E-state index in [0.29, 0.717) is 6.42 Å². The van der Waals surface area contributed by atoms with Gasteiger partial charge in [0.1, 0.15) is 12.6 Å². The average molecular weight is 425 g/mol. The van der Waals surface area contributed by atoms with Crippen LogP contribution in [0.2, 0.25) is 0 Å². The smallest absolute Gasteiger partial charge is 0.408 e. The van der Waals surface area contributed by atoms with E-state index in [2.05, 4.69) is 20.8 Å². The van der Waals surface area contributed by atoms with Gasteiger partial charge in [-0.1, -0.05) is 55.9 Å². The molecule has 2 N–H and O–H groups in total. The Kier molecular flexibility index (Phi) is 8.66.